The van der Waals surface area contributed by atoms with Gasteiger partial charge in [0, 0.05) is 11.8 Å². The number of nitrogens with one attached hydrogen (secondary N) is 1. The van der Waals surface area contributed by atoms with Gasteiger partial charge in [0.25, 0.3) is 17.7 Å². The van der Waals surface area contributed by atoms with E-state index in [9.17, 15) is 19.2 Å². The fourth-order valence-electron chi connectivity index (χ4n) is 2.81. The molecule has 1 aliphatic heterocycles. The molecule has 3 rings (SSSR count). The van der Waals surface area contributed by atoms with Crippen LogP contribution < -0.4 is 14.8 Å². The van der Waals surface area contributed by atoms with Crippen LogP contribution in [-0.2, 0) is 14.3 Å². The maximum absolute atomic E-state index is 12.2. The van der Waals surface area contributed by atoms with E-state index in [1.807, 2.05) is 0 Å². The first-order chi connectivity index (χ1) is 13.9. The highest BCUT2D eigenvalue weighted by molar-refractivity contribution is 6.22. The number of carbonyl (C=O) groups excluding carboxylic acids is 4. The number of nitrogens with zero attached hydrogens (tertiary/aromatic N) is 1. The fraction of sp³-hybridized carbons (Fsp3) is 0.200. The lowest BCUT2D eigenvalue weighted by Gasteiger charge is -2.13. The highest BCUT2D eigenvalue weighted by Gasteiger charge is 2.36. The van der Waals surface area contributed by atoms with Gasteiger partial charge in [-0.15, -0.1) is 0 Å². The van der Waals surface area contributed by atoms with Crippen molar-refractivity contribution in [1.82, 2.24) is 4.90 Å². The minimum Gasteiger partial charge on any atom is -0.493 e. The average molecular weight is 398 g/mol. The molecule has 0 radical (unpaired) electrons. The minimum atomic E-state index is -0.873. The lowest BCUT2D eigenvalue weighted by Crippen LogP contribution is -2.36. The number of carbonyl (C=O) groups is 4. The number of amides is 3. The van der Waals surface area contributed by atoms with Gasteiger partial charge in [-0.25, -0.2) is 0 Å². The molecule has 150 valence electrons. The molecule has 0 bridgehead atoms. The average Bonchev–Trinajstić information content (AvgIpc) is 2.97. The van der Waals surface area contributed by atoms with E-state index in [4.69, 9.17) is 14.2 Å². The minimum absolute atomic E-state index is 0.233. The fourth-order valence-corrected chi connectivity index (χ4v) is 2.81. The summed E-state index contributed by atoms with van der Waals surface area (Å²) in [5, 5.41) is 2.55. The van der Waals surface area contributed by atoms with Crippen LogP contribution in [0.1, 0.15) is 20.7 Å². The molecule has 0 atom stereocenters. The van der Waals surface area contributed by atoms with Crippen molar-refractivity contribution < 1.29 is 33.4 Å². The Balaban J connectivity index is 1.53. The molecule has 3 amide bonds. The molecule has 0 aromatic heterocycles. The van der Waals surface area contributed by atoms with E-state index >= 15 is 0 Å². The normalized spacial score (nSPS) is 12.4. The van der Waals surface area contributed by atoms with Gasteiger partial charge in [0.2, 0.25) is 0 Å². The van der Waals surface area contributed by atoms with Crippen LogP contribution in [0.2, 0.25) is 0 Å². The van der Waals surface area contributed by atoms with Crippen LogP contribution in [0, 0.1) is 0 Å². The van der Waals surface area contributed by atoms with Crippen molar-refractivity contribution >= 4 is 29.4 Å². The first-order valence-electron chi connectivity index (χ1n) is 8.57. The topological polar surface area (TPSA) is 111 Å². The highest BCUT2D eigenvalue weighted by atomic mass is 16.5. The number of imide groups is 1. The standard InChI is InChI=1S/C20H18N2O7/c1-27-15-8-7-12(9-16(15)28-2)21-17(23)11-29-18(24)10-22-19(25)13-5-3-4-6-14(13)20(22)26/h3-9H,10-11H2,1-2H3,(H,21,23). The third-order valence-corrected chi connectivity index (χ3v) is 4.20. The van der Waals surface area contributed by atoms with E-state index in [2.05, 4.69) is 5.32 Å². The summed E-state index contributed by atoms with van der Waals surface area (Å²) < 4.78 is 15.1. The number of hydrogen-bond donors (Lipinski definition) is 1. The first kappa shape index (κ1) is 19.9. The molecule has 0 unspecified atom stereocenters. The van der Waals surface area contributed by atoms with Gasteiger partial charge in [0.05, 0.1) is 25.3 Å². The summed E-state index contributed by atoms with van der Waals surface area (Å²) in [6, 6.07) is 11.0. The lowest BCUT2D eigenvalue weighted by atomic mass is 10.1. The molecule has 0 saturated heterocycles. The Hall–Kier alpha value is -3.88. The maximum Gasteiger partial charge on any atom is 0.326 e. The molecular formula is C20H18N2O7. The SMILES string of the molecule is COc1ccc(NC(=O)COC(=O)CN2C(=O)c3ccccc3C2=O)cc1OC. The largest absolute Gasteiger partial charge is 0.493 e. The number of rotatable bonds is 7. The van der Waals surface area contributed by atoms with E-state index < -0.39 is 36.8 Å². The molecule has 1 heterocycles. The third-order valence-electron chi connectivity index (χ3n) is 4.20. The van der Waals surface area contributed by atoms with Crippen LogP contribution in [-0.4, -0.2) is 56.0 Å². The molecule has 1 N–H and O–H groups in total. The van der Waals surface area contributed by atoms with Crippen molar-refractivity contribution in [3.8, 4) is 11.5 Å². The summed E-state index contributed by atoms with van der Waals surface area (Å²) in [4.78, 5) is 49.3. The number of anilines is 1. The second-order valence-corrected chi connectivity index (χ2v) is 6.02. The second-order valence-electron chi connectivity index (χ2n) is 6.02. The third kappa shape index (κ3) is 4.18. The van der Waals surface area contributed by atoms with Gasteiger partial charge in [-0.3, -0.25) is 24.1 Å². The molecule has 2 aromatic rings. The summed E-state index contributed by atoms with van der Waals surface area (Å²) in [7, 11) is 2.95. The molecule has 9 heteroatoms. The lowest BCUT2D eigenvalue weighted by molar-refractivity contribution is -0.147. The maximum atomic E-state index is 12.2. The van der Waals surface area contributed by atoms with Gasteiger partial charge in [-0.1, -0.05) is 12.1 Å². The number of fused-ring (bicyclic) bond motifs is 1. The van der Waals surface area contributed by atoms with E-state index in [1.165, 1.54) is 26.4 Å². The summed E-state index contributed by atoms with van der Waals surface area (Å²) in [5.74, 6) is -1.68. The van der Waals surface area contributed by atoms with Crippen molar-refractivity contribution in [2.75, 3.05) is 32.7 Å². The van der Waals surface area contributed by atoms with Crippen LogP contribution in [0.15, 0.2) is 42.5 Å². The van der Waals surface area contributed by atoms with Crippen LogP contribution >= 0.6 is 0 Å². The smallest absolute Gasteiger partial charge is 0.326 e. The Kier molecular flexibility index (Phi) is 5.77. The Morgan fingerprint density at radius 1 is 0.931 bits per heavy atom. The van der Waals surface area contributed by atoms with E-state index in [-0.39, 0.29) is 11.1 Å². The number of ether oxygens (including phenoxy) is 3. The molecule has 0 saturated carbocycles. The van der Waals surface area contributed by atoms with Crippen LogP contribution in [0.3, 0.4) is 0 Å². The molecule has 29 heavy (non-hydrogen) atoms. The molecular weight excluding hydrogens is 380 g/mol. The Bertz CT molecular complexity index is 952. The van der Waals surface area contributed by atoms with Crippen molar-refractivity contribution in [2.45, 2.75) is 0 Å². The molecule has 0 spiro atoms. The van der Waals surface area contributed by atoms with E-state index in [0.717, 1.165) is 4.90 Å². The zero-order valence-electron chi connectivity index (χ0n) is 15.8. The van der Waals surface area contributed by atoms with E-state index in [1.54, 1.807) is 30.3 Å². The Morgan fingerprint density at radius 2 is 1.55 bits per heavy atom. The molecule has 2 aromatic carbocycles. The van der Waals surface area contributed by atoms with Crippen molar-refractivity contribution in [2.24, 2.45) is 0 Å². The Labute approximate surface area is 166 Å². The number of methoxy groups -OCH3 is 2. The van der Waals surface area contributed by atoms with Crippen LogP contribution in [0.4, 0.5) is 5.69 Å². The first-order valence-corrected chi connectivity index (χ1v) is 8.57. The zero-order valence-corrected chi connectivity index (χ0v) is 15.8. The zero-order chi connectivity index (χ0) is 21.0. The van der Waals surface area contributed by atoms with Gasteiger partial charge in [0.15, 0.2) is 18.1 Å². The predicted octanol–water partition coefficient (Wildman–Crippen LogP) is 1.48. The Morgan fingerprint density at radius 3 is 2.14 bits per heavy atom. The molecule has 1 aliphatic rings. The van der Waals surface area contributed by atoms with Gasteiger partial charge in [-0.05, 0) is 24.3 Å². The molecule has 0 fully saturated rings. The van der Waals surface area contributed by atoms with Crippen LogP contribution in [0.25, 0.3) is 0 Å². The van der Waals surface area contributed by atoms with Crippen molar-refractivity contribution in [3.05, 3.63) is 53.6 Å². The second kappa shape index (κ2) is 8.42. The van der Waals surface area contributed by atoms with Crippen molar-refractivity contribution in [1.29, 1.82) is 0 Å². The summed E-state index contributed by atoms with van der Waals surface area (Å²) in [6.45, 7) is -1.15. The number of benzene rings is 2. The van der Waals surface area contributed by atoms with E-state index in [0.29, 0.717) is 17.2 Å². The quantitative estimate of drug-likeness (QED) is 0.555. The molecule has 0 aliphatic carbocycles. The predicted molar refractivity (Wildman–Crippen MR) is 101 cm³/mol. The van der Waals surface area contributed by atoms with Gasteiger partial charge in [0.1, 0.15) is 6.54 Å². The number of esters is 1. The monoisotopic (exact) mass is 398 g/mol. The summed E-state index contributed by atoms with van der Waals surface area (Å²) in [5.41, 5.74) is 0.886. The van der Waals surface area contributed by atoms with Gasteiger partial charge >= 0.3 is 5.97 Å². The summed E-state index contributed by atoms with van der Waals surface area (Å²) in [6.07, 6.45) is 0. The summed E-state index contributed by atoms with van der Waals surface area (Å²) >= 11 is 0. The van der Waals surface area contributed by atoms with Gasteiger partial charge < -0.3 is 19.5 Å². The highest BCUT2D eigenvalue weighted by Crippen LogP contribution is 2.29. The van der Waals surface area contributed by atoms with Crippen molar-refractivity contribution in [3.63, 3.8) is 0 Å². The number of hydrogen-bond acceptors (Lipinski definition) is 7. The van der Waals surface area contributed by atoms with Gasteiger partial charge in [-0.2, -0.15) is 0 Å². The molecule has 9 nitrogen and oxygen atoms in total. The van der Waals surface area contributed by atoms with Crippen LogP contribution in [0.5, 0.6) is 11.5 Å².